The zero-order valence-electron chi connectivity index (χ0n) is 23.0. The van der Waals surface area contributed by atoms with Gasteiger partial charge < -0.3 is 24.4 Å². The number of hydrogen-bond donors (Lipinski definition) is 1. The number of ketones is 1. The lowest BCUT2D eigenvalue weighted by Gasteiger charge is -2.28. The van der Waals surface area contributed by atoms with Crippen molar-refractivity contribution in [1.29, 1.82) is 0 Å². The Labute approximate surface area is 226 Å². The Morgan fingerprint density at radius 1 is 1.11 bits per heavy atom. The summed E-state index contributed by atoms with van der Waals surface area (Å²) in [5.74, 6) is -0.279. The number of hydrogen-bond acceptors (Lipinski definition) is 5. The number of nitrogens with one attached hydrogen (secondary N) is 1. The van der Waals surface area contributed by atoms with Crippen LogP contribution in [0, 0.1) is 0 Å². The second kappa shape index (κ2) is 12.5. The third-order valence-corrected chi connectivity index (χ3v) is 7.56. The van der Waals surface area contributed by atoms with Crippen molar-refractivity contribution in [3.8, 4) is 11.5 Å². The summed E-state index contributed by atoms with van der Waals surface area (Å²) in [5.41, 5.74) is 2.09. The van der Waals surface area contributed by atoms with Gasteiger partial charge in [-0.2, -0.15) is 0 Å². The summed E-state index contributed by atoms with van der Waals surface area (Å²) in [7, 11) is 0. The molecule has 0 spiro atoms. The van der Waals surface area contributed by atoms with Crippen molar-refractivity contribution in [3.05, 3.63) is 64.7 Å². The van der Waals surface area contributed by atoms with Crippen LogP contribution < -0.4 is 19.5 Å². The highest BCUT2D eigenvalue weighted by molar-refractivity contribution is 6.46. The number of carbonyl (C=O) groups is 2. The van der Waals surface area contributed by atoms with Gasteiger partial charge in [0.1, 0.15) is 17.6 Å². The molecule has 1 amide bonds. The molecule has 2 aromatic carbocycles. The average Bonchev–Trinajstić information content (AvgIpc) is 3.42. The summed E-state index contributed by atoms with van der Waals surface area (Å²) in [6, 6.07) is 12.0. The molecule has 7 nitrogen and oxygen atoms in total. The third-order valence-electron chi connectivity index (χ3n) is 7.56. The van der Waals surface area contributed by atoms with E-state index in [-0.39, 0.29) is 11.7 Å². The molecule has 0 aliphatic carbocycles. The van der Waals surface area contributed by atoms with Crippen molar-refractivity contribution >= 4 is 17.4 Å². The topological polar surface area (TPSA) is 83.3 Å². The summed E-state index contributed by atoms with van der Waals surface area (Å²) in [6.45, 7) is 12.3. The van der Waals surface area contributed by atoms with Crippen LogP contribution in [0.1, 0.15) is 69.7 Å². The van der Waals surface area contributed by atoms with E-state index < -0.39 is 23.5 Å². The van der Waals surface area contributed by atoms with Gasteiger partial charge in [0.2, 0.25) is 5.78 Å². The van der Waals surface area contributed by atoms with Crippen LogP contribution in [-0.4, -0.2) is 55.5 Å². The molecule has 0 radical (unpaired) electrons. The van der Waals surface area contributed by atoms with Crippen LogP contribution in [-0.2, 0) is 16.0 Å². The van der Waals surface area contributed by atoms with E-state index in [0.717, 1.165) is 55.8 Å². The SMILES string of the molecule is CCCCOc1cccc(C2C(=C([O-])c3ccc4c(c3)CC(C)O4)C(=O)C(=O)N2CCC[NH+](CC)CC)c1. The molecule has 38 heavy (non-hydrogen) atoms. The van der Waals surface area contributed by atoms with Crippen LogP contribution in [0.15, 0.2) is 48.0 Å². The van der Waals surface area contributed by atoms with Gasteiger partial charge in [0.25, 0.3) is 5.91 Å². The lowest BCUT2D eigenvalue weighted by molar-refractivity contribution is -0.896. The fourth-order valence-corrected chi connectivity index (χ4v) is 5.38. The minimum atomic E-state index is -0.743. The number of benzene rings is 2. The van der Waals surface area contributed by atoms with Crippen molar-refractivity contribution in [1.82, 2.24) is 4.90 Å². The molecule has 7 heteroatoms. The summed E-state index contributed by atoms with van der Waals surface area (Å²) in [6.07, 6.45) is 3.45. The lowest BCUT2D eigenvalue weighted by atomic mass is 9.94. The predicted molar refractivity (Wildman–Crippen MR) is 145 cm³/mol. The number of amides is 1. The Kier molecular flexibility index (Phi) is 9.10. The standard InChI is InChI=1S/C31H40N2O5/c1-5-8-17-37-25-12-9-11-22(20-25)28-27(29(34)23-13-14-26-24(19-23)18-21(4)38-26)30(35)31(36)33(28)16-10-15-32(6-2)7-3/h9,11-14,19-21,28,34H,5-8,10,15-18H2,1-4H3. The summed E-state index contributed by atoms with van der Waals surface area (Å²) in [5, 5.41) is 13.9. The minimum absolute atomic E-state index is 0.0165. The molecule has 2 aliphatic rings. The predicted octanol–water partition coefficient (Wildman–Crippen LogP) is 2.73. The van der Waals surface area contributed by atoms with E-state index >= 15 is 0 Å². The molecule has 2 aromatic rings. The van der Waals surface area contributed by atoms with Crippen molar-refractivity contribution in [2.24, 2.45) is 0 Å². The van der Waals surface area contributed by atoms with E-state index in [1.807, 2.05) is 31.2 Å². The van der Waals surface area contributed by atoms with Crippen molar-refractivity contribution in [2.75, 3.05) is 32.8 Å². The van der Waals surface area contributed by atoms with Gasteiger partial charge in [0.15, 0.2) is 0 Å². The first-order valence-corrected chi connectivity index (χ1v) is 14.0. The summed E-state index contributed by atoms with van der Waals surface area (Å²) >= 11 is 0. The van der Waals surface area contributed by atoms with Gasteiger partial charge in [-0.15, -0.1) is 0 Å². The van der Waals surface area contributed by atoms with E-state index in [4.69, 9.17) is 9.47 Å². The number of fused-ring (bicyclic) bond motifs is 1. The molecule has 0 bridgehead atoms. The van der Waals surface area contributed by atoms with E-state index in [1.54, 1.807) is 23.1 Å². The number of ether oxygens (including phenoxy) is 2. The first-order valence-electron chi connectivity index (χ1n) is 14.0. The van der Waals surface area contributed by atoms with Crippen LogP contribution >= 0.6 is 0 Å². The van der Waals surface area contributed by atoms with Crippen LogP contribution in [0.3, 0.4) is 0 Å². The monoisotopic (exact) mass is 520 g/mol. The number of carbonyl (C=O) groups excluding carboxylic acids is 2. The molecule has 2 atom stereocenters. The number of Topliss-reactive ketones (excluding diaryl/α,β-unsaturated/α-hetero) is 1. The molecule has 2 unspecified atom stereocenters. The van der Waals surface area contributed by atoms with Crippen molar-refractivity contribution < 1.29 is 29.1 Å². The Morgan fingerprint density at radius 2 is 1.89 bits per heavy atom. The van der Waals surface area contributed by atoms with E-state index in [9.17, 15) is 14.7 Å². The second-order valence-electron chi connectivity index (χ2n) is 10.3. The number of likely N-dealkylation sites (tertiary alicyclic amines) is 1. The highest BCUT2D eigenvalue weighted by Crippen LogP contribution is 2.40. The van der Waals surface area contributed by atoms with Crippen LogP contribution in [0.5, 0.6) is 11.5 Å². The Morgan fingerprint density at radius 3 is 2.63 bits per heavy atom. The maximum Gasteiger partial charge on any atom is 0.295 e. The quantitative estimate of drug-likeness (QED) is 0.201. The lowest BCUT2D eigenvalue weighted by Crippen LogP contribution is -3.11. The normalized spacial score (nSPS) is 20.2. The fourth-order valence-electron chi connectivity index (χ4n) is 5.38. The first-order chi connectivity index (χ1) is 18.4. The third kappa shape index (κ3) is 5.88. The molecule has 1 saturated heterocycles. The molecule has 0 aromatic heterocycles. The Balaban J connectivity index is 1.72. The fraction of sp³-hybridized carbons (Fsp3) is 0.484. The number of nitrogens with zero attached hydrogens (tertiary/aromatic N) is 1. The second-order valence-corrected chi connectivity index (χ2v) is 10.3. The maximum absolute atomic E-state index is 13.9. The highest BCUT2D eigenvalue weighted by Gasteiger charge is 2.44. The molecular formula is C31H40N2O5. The summed E-state index contributed by atoms with van der Waals surface area (Å²) < 4.78 is 11.7. The highest BCUT2D eigenvalue weighted by atomic mass is 16.5. The van der Waals surface area contributed by atoms with Crippen LogP contribution in [0.25, 0.3) is 5.76 Å². The van der Waals surface area contributed by atoms with Crippen LogP contribution in [0.4, 0.5) is 0 Å². The number of rotatable bonds is 12. The first kappa shape index (κ1) is 27.7. The van der Waals surface area contributed by atoms with Crippen LogP contribution in [0.2, 0.25) is 0 Å². The molecule has 1 N–H and O–H groups in total. The van der Waals surface area contributed by atoms with Gasteiger partial charge in [-0.05, 0) is 68.1 Å². The van der Waals surface area contributed by atoms with Crippen molar-refractivity contribution in [2.45, 2.75) is 65.5 Å². The van der Waals surface area contributed by atoms with Gasteiger partial charge in [-0.3, -0.25) is 9.59 Å². The molecular weight excluding hydrogens is 480 g/mol. The average molecular weight is 521 g/mol. The molecule has 1 fully saturated rings. The van der Waals surface area contributed by atoms with E-state index in [2.05, 4.69) is 20.8 Å². The molecule has 2 heterocycles. The molecule has 204 valence electrons. The van der Waals surface area contributed by atoms with E-state index in [0.29, 0.717) is 30.9 Å². The van der Waals surface area contributed by atoms with Gasteiger partial charge in [-0.1, -0.05) is 37.3 Å². The van der Waals surface area contributed by atoms with Gasteiger partial charge in [0.05, 0.1) is 32.3 Å². The van der Waals surface area contributed by atoms with E-state index in [1.165, 1.54) is 4.90 Å². The number of quaternary nitrogens is 1. The Bertz CT molecular complexity index is 1190. The molecule has 0 saturated carbocycles. The maximum atomic E-state index is 13.9. The Hall–Kier alpha value is -3.32. The van der Waals surface area contributed by atoms with Gasteiger partial charge in [0, 0.05) is 25.0 Å². The zero-order chi connectivity index (χ0) is 27.2. The molecule has 2 aliphatic heterocycles. The van der Waals surface area contributed by atoms with Gasteiger partial charge >= 0.3 is 0 Å². The largest absolute Gasteiger partial charge is 0.872 e. The molecule has 4 rings (SSSR count). The minimum Gasteiger partial charge on any atom is -0.872 e. The smallest absolute Gasteiger partial charge is 0.295 e. The summed E-state index contributed by atoms with van der Waals surface area (Å²) in [4.78, 5) is 29.7. The van der Waals surface area contributed by atoms with Crippen molar-refractivity contribution in [3.63, 3.8) is 0 Å². The van der Waals surface area contributed by atoms with Gasteiger partial charge in [-0.25, -0.2) is 0 Å². The zero-order valence-corrected chi connectivity index (χ0v) is 23.0. The number of unbranched alkanes of at least 4 members (excludes halogenated alkanes) is 1.